The molecule has 0 radical (unpaired) electrons. The average molecular weight is 356 g/mol. The number of amides is 1. The molecule has 0 bridgehead atoms. The lowest BCUT2D eigenvalue weighted by molar-refractivity contribution is -0.133. The molecule has 3 N–H and O–H groups in total. The molecule has 2 aromatic carbocycles. The van der Waals surface area contributed by atoms with Crippen molar-refractivity contribution >= 4 is 28.4 Å². The van der Waals surface area contributed by atoms with E-state index in [4.69, 9.17) is 17.3 Å². The zero-order valence-corrected chi connectivity index (χ0v) is 15.0. The Morgan fingerprint density at radius 2 is 2.04 bits per heavy atom. The number of hydrogen-bond donors (Lipinski definition) is 2. The summed E-state index contributed by atoms with van der Waals surface area (Å²) >= 11 is 6.03. The van der Waals surface area contributed by atoms with Gasteiger partial charge in [-0.15, -0.1) is 0 Å². The fraction of sp³-hybridized carbons (Fsp3) is 0.250. The molecule has 0 saturated heterocycles. The van der Waals surface area contributed by atoms with Crippen molar-refractivity contribution in [3.63, 3.8) is 0 Å². The normalized spacial score (nSPS) is 12.3. The number of benzene rings is 2. The van der Waals surface area contributed by atoms with E-state index in [1.54, 1.807) is 4.90 Å². The third kappa shape index (κ3) is 4.03. The lowest BCUT2D eigenvalue weighted by atomic mass is 10.0. The van der Waals surface area contributed by atoms with Gasteiger partial charge in [-0.05, 0) is 42.7 Å². The topological polar surface area (TPSA) is 62.1 Å². The molecular formula is C20H22ClN3O. The van der Waals surface area contributed by atoms with Crippen LogP contribution in [0.15, 0.2) is 54.7 Å². The first-order chi connectivity index (χ1) is 12.1. The summed E-state index contributed by atoms with van der Waals surface area (Å²) < 4.78 is 0. The number of para-hydroxylation sites is 1. The largest absolute Gasteiger partial charge is 0.361 e. The monoisotopic (exact) mass is 355 g/mol. The van der Waals surface area contributed by atoms with Crippen LogP contribution in [0.4, 0.5) is 0 Å². The Balaban J connectivity index is 1.71. The van der Waals surface area contributed by atoms with Crippen LogP contribution >= 0.6 is 11.6 Å². The summed E-state index contributed by atoms with van der Waals surface area (Å²) in [6, 6.07) is 15.0. The number of nitrogens with one attached hydrogen (secondary N) is 1. The molecule has 3 aromatic rings. The molecule has 0 aliphatic carbocycles. The van der Waals surface area contributed by atoms with Crippen LogP contribution in [-0.4, -0.2) is 28.4 Å². The van der Waals surface area contributed by atoms with E-state index < -0.39 is 6.04 Å². The molecule has 1 atom stereocenters. The highest BCUT2D eigenvalue weighted by Gasteiger charge is 2.21. The second-order valence-electron chi connectivity index (χ2n) is 6.15. The van der Waals surface area contributed by atoms with Gasteiger partial charge < -0.3 is 15.6 Å². The van der Waals surface area contributed by atoms with Gasteiger partial charge in [-0.25, -0.2) is 0 Å². The minimum atomic E-state index is -0.571. The minimum Gasteiger partial charge on any atom is -0.361 e. The van der Waals surface area contributed by atoms with Crippen LogP contribution in [0.3, 0.4) is 0 Å². The maximum atomic E-state index is 12.8. The molecule has 5 heteroatoms. The number of fused-ring (bicyclic) bond motifs is 1. The van der Waals surface area contributed by atoms with E-state index in [1.807, 2.05) is 61.7 Å². The maximum Gasteiger partial charge on any atom is 0.240 e. The van der Waals surface area contributed by atoms with Crippen molar-refractivity contribution in [3.05, 3.63) is 70.9 Å². The molecule has 1 amide bonds. The molecule has 25 heavy (non-hydrogen) atoms. The predicted molar refractivity (Wildman–Crippen MR) is 103 cm³/mol. The van der Waals surface area contributed by atoms with Gasteiger partial charge >= 0.3 is 0 Å². The van der Waals surface area contributed by atoms with Gasteiger partial charge in [0.1, 0.15) is 0 Å². The van der Waals surface area contributed by atoms with Crippen molar-refractivity contribution in [1.82, 2.24) is 9.88 Å². The SMILES string of the molecule is CCN(Cc1cccc(Cl)c1)C(=O)[C@@H](N)Cc1c[nH]c2ccccc12. The molecule has 0 unspecified atom stereocenters. The lowest BCUT2D eigenvalue weighted by Gasteiger charge is -2.24. The zero-order chi connectivity index (χ0) is 17.8. The Kier molecular flexibility index (Phi) is 5.41. The highest BCUT2D eigenvalue weighted by Crippen LogP contribution is 2.19. The molecule has 0 fully saturated rings. The number of aromatic amines is 1. The number of nitrogens with two attached hydrogens (primary N) is 1. The zero-order valence-electron chi connectivity index (χ0n) is 14.2. The Bertz CT molecular complexity index is 874. The van der Waals surface area contributed by atoms with Gasteiger partial charge in [0, 0.05) is 35.2 Å². The number of halogens is 1. The van der Waals surface area contributed by atoms with Crippen LogP contribution in [0.25, 0.3) is 10.9 Å². The van der Waals surface area contributed by atoms with Crippen molar-refractivity contribution in [1.29, 1.82) is 0 Å². The summed E-state index contributed by atoms with van der Waals surface area (Å²) in [4.78, 5) is 17.8. The van der Waals surface area contributed by atoms with Crippen molar-refractivity contribution in [2.45, 2.75) is 25.9 Å². The Hall–Kier alpha value is -2.30. The van der Waals surface area contributed by atoms with Crippen LogP contribution in [0.5, 0.6) is 0 Å². The fourth-order valence-electron chi connectivity index (χ4n) is 3.06. The first-order valence-electron chi connectivity index (χ1n) is 8.42. The molecule has 0 spiro atoms. The summed E-state index contributed by atoms with van der Waals surface area (Å²) in [7, 11) is 0. The molecule has 1 heterocycles. The molecular weight excluding hydrogens is 334 g/mol. The summed E-state index contributed by atoms with van der Waals surface area (Å²) in [6.45, 7) is 3.07. The Labute approximate surface area is 152 Å². The average Bonchev–Trinajstić information content (AvgIpc) is 3.02. The molecule has 0 aliphatic heterocycles. The van der Waals surface area contributed by atoms with E-state index in [0.29, 0.717) is 24.5 Å². The first-order valence-corrected chi connectivity index (χ1v) is 8.80. The third-order valence-electron chi connectivity index (χ3n) is 4.39. The number of aromatic nitrogens is 1. The molecule has 4 nitrogen and oxygen atoms in total. The van der Waals surface area contributed by atoms with Crippen LogP contribution in [0.2, 0.25) is 5.02 Å². The third-order valence-corrected chi connectivity index (χ3v) is 4.62. The van der Waals surface area contributed by atoms with Gasteiger partial charge in [-0.1, -0.05) is 41.9 Å². The van der Waals surface area contributed by atoms with E-state index in [1.165, 1.54) is 0 Å². The van der Waals surface area contributed by atoms with E-state index in [2.05, 4.69) is 4.98 Å². The van der Waals surface area contributed by atoms with Crippen molar-refractivity contribution in [2.24, 2.45) is 5.73 Å². The van der Waals surface area contributed by atoms with Crippen molar-refractivity contribution in [2.75, 3.05) is 6.54 Å². The minimum absolute atomic E-state index is 0.0484. The highest BCUT2D eigenvalue weighted by atomic mass is 35.5. The van der Waals surface area contributed by atoms with Crippen molar-refractivity contribution in [3.8, 4) is 0 Å². The number of carbonyl (C=O) groups excluding carboxylic acids is 1. The first kappa shape index (κ1) is 17.5. The van der Waals surface area contributed by atoms with Crippen molar-refractivity contribution < 1.29 is 4.79 Å². The van der Waals surface area contributed by atoms with E-state index in [0.717, 1.165) is 22.0 Å². The van der Waals surface area contributed by atoms with Gasteiger partial charge in [0.2, 0.25) is 5.91 Å². The summed E-state index contributed by atoms with van der Waals surface area (Å²) in [6.07, 6.45) is 2.44. The lowest BCUT2D eigenvalue weighted by Crippen LogP contribution is -2.44. The number of likely N-dealkylation sites (N-methyl/N-ethyl adjacent to an activating group) is 1. The van der Waals surface area contributed by atoms with Gasteiger partial charge in [0.25, 0.3) is 0 Å². The number of H-pyrrole nitrogens is 1. The van der Waals surface area contributed by atoms with Crippen LogP contribution < -0.4 is 5.73 Å². The van der Waals surface area contributed by atoms with Gasteiger partial charge in [0.05, 0.1) is 6.04 Å². The van der Waals surface area contributed by atoms with Crippen LogP contribution in [0, 0.1) is 0 Å². The van der Waals surface area contributed by atoms with Crippen LogP contribution in [0.1, 0.15) is 18.1 Å². The number of hydrogen-bond acceptors (Lipinski definition) is 2. The standard InChI is InChI=1S/C20H22ClN3O/c1-2-24(13-14-6-5-7-16(21)10-14)20(25)18(22)11-15-12-23-19-9-4-3-8-17(15)19/h3-10,12,18,23H,2,11,13,22H2,1H3/t18-/m0/s1. The highest BCUT2D eigenvalue weighted by molar-refractivity contribution is 6.30. The van der Waals surface area contributed by atoms with E-state index in [-0.39, 0.29) is 5.91 Å². The summed E-state index contributed by atoms with van der Waals surface area (Å²) in [5.74, 6) is -0.0484. The second kappa shape index (κ2) is 7.72. The summed E-state index contributed by atoms with van der Waals surface area (Å²) in [5.41, 5.74) is 9.35. The predicted octanol–water partition coefficient (Wildman–Crippen LogP) is 3.74. The molecule has 1 aromatic heterocycles. The van der Waals surface area contributed by atoms with E-state index in [9.17, 15) is 4.79 Å². The van der Waals surface area contributed by atoms with Gasteiger partial charge in [-0.3, -0.25) is 4.79 Å². The Morgan fingerprint density at radius 3 is 2.80 bits per heavy atom. The number of carbonyl (C=O) groups is 1. The number of rotatable bonds is 6. The summed E-state index contributed by atoms with van der Waals surface area (Å²) in [5, 5.41) is 1.78. The molecule has 0 aliphatic rings. The Morgan fingerprint density at radius 1 is 1.24 bits per heavy atom. The van der Waals surface area contributed by atoms with E-state index >= 15 is 0 Å². The maximum absolute atomic E-state index is 12.8. The second-order valence-corrected chi connectivity index (χ2v) is 6.59. The molecule has 3 rings (SSSR count). The fourth-order valence-corrected chi connectivity index (χ4v) is 3.27. The smallest absolute Gasteiger partial charge is 0.240 e. The van der Waals surface area contributed by atoms with Gasteiger partial charge in [-0.2, -0.15) is 0 Å². The molecule has 130 valence electrons. The number of nitrogens with zero attached hydrogens (tertiary/aromatic N) is 1. The van der Waals surface area contributed by atoms with Gasteiger partial charge in [0.15, 0.2) is 0 Å². The molecule has 0 saturated carbocycles. The quantitative estimate of drug-likeness (QED) is 0.707. The van der Waals surface area contributed by atoms with Crippen LogP contribution in [-0.2, 0) is 17.8 Å².